The minimum atomic E-state index is -1.09. The number of amides is 2. The van der Waals surface area contributed by atoms with Crippen LogP contribution >= 0.6 is 0 Å². The van der Waals surface area contributed by atoms with Crippen LogP contribution in [-0.2, 0) is 30.2 Å². The Hall–Kier alpha value is -4.06. The smallest absolute Gasteiger partial charge is 0.493 e. The summed E-state index contributed by atoms with van der Waals surface area (Å²) in [4.78, 5) is 51.9. The van der Waals surface area contributed by atoms with Gasteiger partial charge < -0.3 is 5.11 Å². The van der Waals surface area contributed by atoms with Gasteiger partial charge in [-0.25, -0.2) is 13.9 Å². The van der Waals surface area contributed by atoms with Crippen LogP contribution in [0.3, 0.4) is 0 Å². The second kappa shape index (κ2) is 10.7. The molecule has 1 radical (unpaired) electrons. The molecule has 0 atom stereocenters. The fourth-order valence-electron chi connectivity index (χ4n) is 3.64. The van der Waals surface area contributed by atoms with E-state index in [9.17, 15) is 24.3 Å². The van der Waals surface area contributed by atoms with Crippen LogP contribution in [0.25, 0.3) is 0 Å². The van der Waals surface area contributed by atoms with Crippen molar-refractivity contribution in [2.45, 2.75) is 45.8 Å². The first-order chi connectivity index (χ1) is 15.8. The molecule has 34 heavy (non-hydrogen) atoms. The summed E-state index contributed by atoms with van der Waals surface area (Å²) in [5.41, 5.74) is -2.69. The van der Waals surface area contributed by atoms with E-state index in [1.165, 1.54) is 23.1 Å². The third-order valence-corrected chi connectivity index (χ3v) is 5.32. The number of imide groups is 1. The van der Waals surface area contributed by atoms with E-state index in [2.05, 4.69) is 10.2 Å². The number of carbonyl (C=O) groups excluding carboxylic acids is 2. The Morgan fingerprint density at radius 2 is 1.59 bits per heavy atom. The summed E-state index contributed by atoms with van der Waals surface area (Å²) in [5.74, 6) is -1.90. The van der Waals surface area contributed by atoms with Crippen LogP contribution in [0.5, 0.6) is 5.88 Å². The number of nitriles is 2. The third kappa shape index (κ3) is 4.27. The van der Waals surface area contributed by atoms with Crippen LogP contribution < -0.4 is 11.2 Å². The van der Waals surface area contributed by atoms with Gasteiger partial charge in [-0.2, -0.15) is 10.5 Å². The molecule has 0 unspecified atom stereocenters. The first-order valence-electron chi connectivity index (χ1n) is 10.0. The van der Waals surface area contributed by atoms with Crippen LogP contribution in [0.15, 0.2) is 38.0 Å². The molecule has 12 nitrogen and oxygen atoms in total. The van der Waals surface area contributed by atoms with Gasteiger partial charge in [0.25, 0.3) is 17.4 Å². The maximum Gasteiger partial charge on any atom is 2.00 e. The molecule has 1 N–H and O–H groups in total. The maximum atomic E-state index is 13.0. The van der Waals surface area contributed by atoms with Crippen LogP contribution in [0.4, 0.5) is 11.4 Å². The minimum Gasteiger partial charge on any atom is -0.493 e. The van der Waals surface area contributed by atoms with Crippen molar-refractivity contribution in [2.24, 2.45) is 10.2 Å². The Labute approximate surface area is 203 Å². The van der Waals surface area contributed by atoms with Gasteiger partial charge in [0, 0.05) is 6.04 Å². The summed E-state index contributed by atoms with van der Waals surface area (Å²) >= 11 is 0. The average molecular weight is 513 g/mol. The Morgan fingerprint density at radius 1 is 0.971 bits per heavy atom. The van der Waals surface area contributed by atoms with Crippen molar-refractivity contribution in [3.05, 3.63) is 50.2 Å². The summed E-state index contributed by atoms with van der Waals surface area (Å²) in [5, 5.41) is 35.8. The molecule has 2 heterocycles. The molecule has 0 saturated carbocycles. The molecule has 0 spiro atoms. The van der Waals surface area contributed by atoms with Gasteiger partial charge in [0.05, 0.1) is 29.0 Å². The molecular formula is C21H19CuN7O5+2. The van der Waals surface area contributed by atoms with Crippen LogP contribution in [-0.4, -0.2) is 37.0 Å². The fraction of sp³-hybridized carbons (Fsp3) is 0.333. The molecular weight excluding hydrogens is 494 g/mol. The number of azo groups is 1. The number of benzene rings is 1. The van der Waals surface area contributed by atoms with Gasteiger partial charge in [0.2, 0.25) is 11.6 Å². The predicted molar refractivity (Wildman–Crippen MR) is 113 cm³/mol. The zero-order chi connectivity index (χ0) is 24.3. The van der Waals surface area contributed by atoms with Gasteiger partial charge in [0.1, 0.15) is 13.1 Å². The number of aromatic hydroxyl groups is 1. The van der Waals surface area contributed by atoms with E-state index in [0.717, 1.165) is 0 Å². The molecule has 2 aromatic rings. The fourth-order valence-corrected chi connectivity index (χ4v) is 3.64. The molecule has 13 heteroatoms. The number of hydrogen-bond donors (Lipinski definition) is 1. The second-order valence-electron chi connectivity index (χ2n) is 7.10. The summed E-state index contributed by atoms with van der Waals surface area (Å²) < 4.78 is 1.08. The summed E-state index contributed by atoms with van der Waals surface area (Å²) in [6.45, 7) is 2.49. The molecule has 177 valence electrons. The molecule has 2 amide bonds. The summed E-state index contributed by atoms with van der Waals surface area (Å²) in [6.07, 6.45) is 1.15. The molecule has 0 saturated heterocycles. The van der Waals surface area contributed by atoms with Gasteiger partial charge in [-0.05, 0) is 25.0 Å². The van der Waals surface area contributed by atoms with Crippen molar-refractivity contribution in [3.8, 4) is 18.0 Å². The monoisotopic (exact) mass is 512 g/mol. The van der Waals surface area contributed by atoms with Gasteiger partial charge in [-0.1, -0.05) is 19.9 Å². The SMILES string of the molecule is CCC(CC)N1C(=O)c2cccc(N=Nc3c(O)n(CC#N)c(=O)n(CC#N)c3=O)c2C1=O.[Cu+2]. The standard InChI is InChI=1S/C21H19N7O5.Cu/c1-3-12(4-2)28-17(29)13-6-5-7-14(15(13)18(28)30)24-25-16-19(31)26(10-8-22)21(33)27(11-9-23)20(16)32;/h5-7,12,31H,3-4,10-11H2,1-2H3;/q;+2. The third-order valence-electron chi connectivity index (χ3n) is 5.32. The minimum absolute atomic E-state index is 0. The van der Waals surface area contributed by atoms with E-state index in [0.29, 0.717) is 22.0 Å². The van der Waals surface area contributed by atoms with Crippen molar-refractivity contribution in [2.75, 3.05) is 0 Å². The first-order valence-corrected chi connectivity index (χ1v) is 10.0. The molecule has 1 aromatic carbocycles. The molecule has 0 aliphatic carbocycles. The number of hydrogen-bond acceptors (Lipinski definition) is 9. The Morgan fingerprint density at radius 3 is 2.18 bits per heavy atom. The molecule has 1 aliphatic rings. The van der Waals surface area contributed by atoms with Crippen molar-refractivity contribution in [1.82, 2.24) is 14.0 Å². The summed E-state index contributed by atoms with van der Waals surface area (Å²) in [6, 6.07) is 7.43. The number of aromatic nitrogens is 2. The molecule has 1 aromatic heterocycles. The molecule has 3 rings (SSSR count). The van der Waals surface area contributed by atoms with Crippen molar-refractivity contribution >= 4 is 23.2 Å². The number of rotatable bonds is 7. The number of fused-ring (bicyclic) bond motifs is 1. The van der Waals surface area contributed by atoms with E-state index in [-0.39, 0.29) is 39.9 Å². The molecule has 1 aliphatic heterocycles. The van der Waals surface area contributed by atoms with E-state index < -0.39 is 47.7 Å². The summed E-state index contributed by atoms with van der Waals surface area (Å²) in [7, 11) is 0. The number of nitrogens with zero attached hydrogens (tertiary/aromatic N) is 7. The average Bonchev–Trinajstić information content (AvgIpc) is 3.06. The van der Waals surface area contributed by atoms with E-state index in [4.69, 9.17) is 10.5 Å². The first kappa shape index (κ1) is 26.2. The van der Waals surface area contributed by atoms with Crippen molar-refractivity contribution < 1.29 is 31.8 Å². The van der Waals surface area contributed by atoms with Gasteiger partial charge in [0.15, 0.2) is 0 Å². The topological polar surface area (TPSA) is 174 Å². The van der Waals surface area contributed by atoms with Gasteiger partial charge >= 0.3 is 22.8 Å². The van der Waals surface area contributed by atoms with Gasteiger partial charge in [-0.3, -0.25) is 19.3 Å². The Balaban J connectivity index is 0.00000408. The molecule has 0 bridgehead atoms. The van der Waals surface area contributed by atoms with Crippen LogP contribution in [0.1, 0.15) is 47.4 Å². The van der Waals surface area contributed by atoms with Crippen LogP contribution in [0.2, 0.25) is 0 Å². The normalized spacial score (nSPS) is 12.6. The number of carbonyl (C=O) groups is 2. The van der Waals surface area contributed by atoms with E-state index >= 15 is 0 Å². The van der Waals surface area contributed by atoms with Crippen molar-refractivity contribution in [1.29, 1.82) is 10.5 Å². The van der Waals surface area contributed by atoms with E-state index in [1.54, 1.807) is 12.1 Å². The van der Waals surface area contributed by atoms with Crippen LogP contribution in [0, 0.1) is 22.7 Å². The Bertz CT molecular complexity index is 1380. The van der Waals surface area contributed by atoms with Gasteiger partial charge in [-0.15, -0.1) is 10.2 Å². The molecule has 0 fully saturated rings. The zero-order valence-corrected chi connectivity index (χ0v) is 19.1. The van der Waals surface area contributed by atoms with E-state index in [1.807, 2.05) is 13.8 Å². The zero-order valence-electron chi connectivity index (χ0n) is 18.2. The predicted octanol–water partition coefficient (Wildman–Crippen LogP) is 1.96. The quantitative estimate of drug-likeness (QED) is 0.335. The maximum absolute atomic E-state index is 13.0. The second-order valence-corrected chi connectivity index (χ2v) is 7.10. The van der Waals surface area contributed by atoms with Crippen molar-refractivity contribution in [3.63, 3.8) is 0 Å². The Kier molecular flexibility index (Phi) is 8.25. The largest absolute Gasteiger partial charge is 2.00 e.